The molecule has 2 aromatic heterocycles. The van der Waals surface area contributed by atoms with Gasteiger partial charge in [0.2, 0.25) is 0 Å². The molecule has 0 fully saturated rings. The number of imidazole rings is 1. The monoisotopic (exact) mass is 176 g/mol. The minimum atomic E-state index is -0.830. The van der Waals surface area contributed by atoms with Crippen molar-refractivity contribution < 1.29 is 5.11 Å². The first-order valence-electron chi connectivity index (χ1n) is 3.81. The number of hydrogen-bond acceptors (Lipinski definition) is 4. The lowest BCUT2D eigenvalue weighted by Crippen LogP contribution is -2.04. The highest BCUT2D eigenvalue weighted by molar-refractivity contribution is 5.10. The maximum Gasteiger partial charge on any atom is 0.155 e. The van der Waals surface area contributed by atoms with Gasteiger partial charge in [-0.1, -0.05) is 0 Å². The normalized spacial score (nSPS) is 12.7. The molecule has 0 aliphatic rings. The van der Waals surface area contributed by atoms with Crippen LogP contribution in [0.5, 0.6) is 0 Å². The molecule has 0 amide bonds. The second kappa shape index (κ2) is 3.32. The first-order chi connectivity index (χ1) is 6.38. The van der Waals surface area contributed by atoms with Crippen molar-refractivity contribution in [3.63, 3.8) is 0 Å². The highest BCUT2D eigenvalue weighted by Crippen LogP contribution is 2.13. The number of aliphatic hydroxyl groups excluding tert-OH is 1. The molecule has 2 N–H and O–H groups in total. The van der Waals surface area contributed by atoms with Crippen LogP contribution < -0.4 is 0 Å². The molecule has 0 aromatic carbocycles. The molecule has 2 heterocycles. The summed E-state index contributed by atoms with van der Waals surface area (Å²) in [6.45, 7) is 0. The molecule has 0 aliphatic heterocycles. The summed E-state index contributed by atoms with van der Waals surface area (Å²) in [6, 6.07) is 0. The molecular weight excluding hydrogens is 168 g/mol. The Morgan fingerprint density at radius 1 is 1.23 bits per heavy atom. The number of aromatic nitrogens is 4. The molecule has 5 nitrogen and oxygen atoms in total. The maximum atomic E-state index is 9.68. The van der Waals surface area contributed by atoms with Crippen LogP contribution >= 0.6 is 0 Å². The molecule has 0 spiro atoms. The lowest BCUT2D eigenvalue weighted by atomic mass is 10.2. The van der Waals surface area contributed by atoms with E-state index >= 15 is 0 Å². The van der Waals surface area contributed by atoms with E-state index in [1.807, 2.05) is 0 Å². The van der Waals surface area contributed by atoms with Gasteiger partial charge in [-0.3, -0.25) is 9.97 Å². The van der Waals surface area contributed by atoms with Gasteiger partial charge >= 0.3 is 0 Å². The van der Waals surface area contributed by atoms with Gasteiger partial charge in [0.05, 0.1) is 11.9 Å². The van der Waals surface area contributed by atoms with Crippen molar-refractivity contribution in [3.8, 4) is 0 Å². The molecule has 0 saturated carbocycles. The van der Waals surface area contributed by atoms with Crippen LogP contribution in [-0.4, -0.2) is 25.0 Å². The van der Waals surface area contributed by atoms with Crippen molar-refractivity contribution in [2.75, 3.05) is 0 Å². The van der Waals surface area contributed by atoms with Gasteiger partial charge in [0.25, 0.3) is 0 Å². The summed E-state index contributed by atoms with van der Waals surface area (Å²) >= 11 is 0. The largest absolute Gasteiger partial charge is 0.379 e. The molecule has 13 heavy (non-hydrogen) atoms. The third kappa shape index (κ3) is 1.54. The molecule has 5 heteroatoms. The molecule has 66 valence electrons. The number of rotatable bonds is 2. The standard InChI is InChI=1S/C8H8N4O/c13-7(8-11-3-4-12-8)6-5-9-1-2-10-6/h1-5,7,13H,(H,11,12). The van der Waals surface area contributed by atoms with Crippen LogP contribution in [0.4, 0.5) is 0 Å². The Labute approximate surface area is 74.5 Å². The van der Waals surface area contributed by atoms with E-state index in [0.717, 1.165) is 0 Å². The summed E-state index contributed by atoms with van der Waals surface area (Å²) in [5.74, 6) is 0.473. The predicted molar refractivity (Wildman–Crippen MR) is 44.7 cm³/mol. The fourth-order valence-corrected chi connectivity index (χ4v) is 1.02. The molecule has 1 unspecified atom stereocenters. The molecule has 0 aliphatic carbocycles. The fraction of sp³-hybridized carbons (Fsp3) is 0.125. The SMILES string of the molecule is OC(c1cnccn1)c1ncc[nH]1. The van der Waals surface area contributed by atoms with E-state index < -0.39 is 6.10 Å². The van der Waals surface area contributed by atoms with Crippen LogP contribution in [0, 0.1) is 0 Å². The Morgan fingerprint density at radius 2 is 2.15 bits per heavy atom. The first-order valence-corrected chi connectivity index (χ1v) is 3.81. The summed E-state index contributed by atoms with van der Waals surface area (Å²) in [5.41, 5.74) is 0.484. The van der Waals surface area contributed by atoms with Crippen LogP contribution in [0.1, 0.15) is 17.6 Å². The van der Waals surface area contributed by atoms with E-state index in [0.29, 0.717) is 11.5 Å². The van der Waals surface area contributed by atoms with Crippen molar-refractivity contribution in [3.05, 3.63) is 42.5 Å². The van der Waals surface area contributed by atoms with E-state index in [9.17, 15) is 5.11 Å². The number of aromatic amines is 1. The van der Waals surface area contributed by atoms with Crippen LogP contribution in [0.2, 0.25) is 0 Å². The summed E-state index contributed by atoms with van der Waals surface area (Å²) in [4.78, 5) is 14.5. The van der Waals surface area contributed by atoms with E-state index in [2.05, 4.69) is 19.9 Å². The Morgan fingerprint density at radius 3 is 2.77 bits per heavy atom. The van der Waals surface area contributed by atoms with E-state index in [1.165, 1.54) is 12.4 Å². The van der Waals surface area contributed by atoms with Crippen LogP contribution in [-0.2, 0) is 0 Å². The second-order valence-corrected chi connectivity index (χ2v) is 2.51. The number of aliphatic hydroxyl groups is 1. The minimum Gasteiger partial charge on any atom is -0.379 e. The lowest BCUT2D eigenvalue weighted by molar-refractivity contribution is 0.205. The van der Waals surface area contributed by atoms with Crippen LogP contribution in [0.15, 0.2) is 31.0 Å². The number of nitrogens with one attached hydrogen (secondary N) is 1. The molecule has 0 radical (unpaired) electrons. The zero-order valence-electron chi connectivity index (χ0n) is 6.75. The molecule has 2 aromatic rings. The van der Waals surface area contributed by atoms with Gasteiger partial charge in [0.1, 0.15) is 5.82 Å². The number of hydrogen-bond donors (Lipinski definition) is 2. The van der Waals surface area contributed by atoms with Crippen molar-refractivity contribution in [1.82, 2.24) is 19.9 Å². The highest BCUT2D eigenvalue weighted by atomic mass is 16.3. The Balaban J connectivity index is 2.29. The average Bonchev–Trinajstić information content (AvgIpc) is 2.71. The van der Waals surface area contributed by atoms with Gasteiger partial charge in [-0.15, -0.1) is 0 Å². The molecular formula is C8H8N4O. The van der Waals surface area contributed by atoms with Crippen molar-refractivity contribution in [1.29, 1.82) is 0 Å². The Bertz CT molecular complexity index is 359. The average molecular weight is 176 g/mol. The van der Waals surface area contributed by atoms with Gasteiger partial charge in [-0.25, -0.2) is 4.98 Å². The smallest absolute Gasteiger partial charge is 0.155 e. The van der Waals surface area contributed by atoms with E-state index in [4.69, 9.17) is 0 Å². The third-order valence-electron chi connectivity index (χ3n) is 1.64. The van der Waals surface area contributed by atoms with E-state index in [1.54, 1.807) is 18.6 Å². The second-order valence-electron chi connectivity index (χ2n) is 2.51. The predicted octanol–water partition coefficient (Wildman–Crippen LogP) is 0.281. The molecule has 2 rings (SSSR count). The van der Waals surface area contributed by atoms with Gasteiger partial charge in [0, 0.05) is 24.8 Å². The first kappa shape index (κ1) is 7.88. The maximum absolute atomic E-state index is 9.68. The van der Waals surface area contributed by atoms with Crippen LogP contribution in [0.25, 0.3) is 0 Å². The number of nitrogens with zero attached hydrogens (tertiary/aromatic N) is 3. The quantitative estimate of drug-likeness (QED) is 0.689. The van der Waals surface area contributed by atoms with Gasteiger partial charge < -0.3 is 10.1 Å². The highest BCUT2D eigenvalue weighted by Gasteiger charge is 2.13. The zero-order valence-corrected chi connectivity index (χ0v) is 6.75. The Kier molecular flexibility index (Phi) is 2.01. The van der Waals surface area contributed by atoms with Gasteiger partial charge in [-0.2, -0.15) is 0 Å². The van der Waals surface area contributed by atoms with E-state index in [-0.39, 0.29) is 0 Å². The summed E-state index contributed by atoms with van der Waals surface area (Å²) in [7, 11) is 0. The van der Waals surface area contributed by atoms with Crippen molar-refractivity contribution >= 4 is 0 Å². The summed E-state index contributed by atoms with van der Waals surface area (Å²) in [5, 5.41) is 9.68. The van der Waals surface area contributed by atoms with Crippen LogP contribution in [0.3, 0.4) is 0 Å². The molecule has 1 atom stereocenters. The summed E-state index contributed by atoms with van der Waals surface area (Å²) in [6.07, 6.45) is 6.99. The fourth-order valence-electron chi connectivity index (χ4n) is 1.02. The lowest BCUT2D eigenvalue weighted by Gasteiger charge is -2.04. The van der Waals surface area contributed by atoms with Crippen molar-refractivity contribution in [2.24, 2.45) is 0 Å². The third-order valence-corrected chi connectivity index (χ3v) is 1.64. The van der Waals surface area contributed by atoms with Crippen molar-refractivity contribution in [2.45, 2.75) is 6.10 Å². The van der Waals surface area contributed by atoms with Gasteiger partial charge in [-0.05, 0) is 0 Å². The number of H-pyrrole nitrogens is 1. The minimum absolute atomic E-state index is 0.473. The zero-order chi connectivity index (χ0) is 9.10. The summed E-state index contributed by atoms with van der Waals surface area (Å²) < 4.78 is 0. The molecule has 0 bridgehead atoms. The van der Waals surface area contributed by atoms with Gasteiger partial charge in [0.15, 0.2) is 6.10 Å². The molecule has 0 saturated heterocycles. The Hall–Kier alpha value is -1.75. The topological polar surface area (TPSA) is 74.7 Å².